The number of hydrogen-bond donors (Lipinski definition) is 2. The number of aliphatic carboxylic acids is 1. The Labute approximate surface area is 85.5 Å². The Morgan fingerprint density at radius 1 is 1.47 bits per heavy atom. The van der Waals surface area contributed by atoms with E-state index in [-0.39, 0.29) is 18.5 Å². The van der Waals surface area contributed by atoms with Gasteiger partial charge in [-0.1, -0.05) is 0 Å². The van der Waals surface area contributed by atoms with Crippen LogP contribution in [0.15, 0.2) is 18.2 Å². The lowest BCUT2D eigenvalue weighted by Gasteiger charge is -2.13. The summed E-state index contributed by atoms with van der Waals surface area (Å²) in [5, 5.41) is 8.56. The quantitative estimate of drug-likeness (QED) is 0.799. The molecule has 3 N–H and O–H groups in total. The van der Waals surface area contributed by atoms with E-state index in [2.05, 4.69) is 0 Å². The maximum absolute atomic E-state index is 13.2. The van der Waals surface area contributed by atoms with Gasteiger partial charge in [0.1, 0.15) is 11.6 Å². The zero-order chi connectivity index (χ0) is 11.4. The molecule has 1 rings (SSSR count). The van der Waals surface area contributed by atoms with Crippen molar-refractivity contribution >= 4 is 5.97 Å². The highest BCUT2D eigenvalue weighted by Crippen LogP contribution is 2.22. The molecule has 0 aromatic heterocycles. The minimum absolute atomic E-state index is 0.0138. The number of rotatable bonds is 4. The van der Waals surface area contributed by atoms with E-state index in [0.29, 0.717) is 0 Å². The highest BCUT2D eigenvalue weighted by molar-refractivity contribution is 5.68. The van der Waals surface area contributed by atoms with Crippen molar-refractivity contribution in [3.63, 3.8) is 0 Å². The van der Waals surface area contributed by atoms with Crippen molar-refractivity contribution in [3.8, 4) is 0 Å². The molecule has 0 unspecified atom stereocenters. The van der Waals surface area contributed by atoms with Crippen molar-refractivity contribution in [2.45, 2.75) is 12.3 Å². The number of carboxylic acid groups (broad SMARTS) is 1. The van der Waals surface area contributed by atoms with E-state index in [4.69, 9.17) is 10.8 Å². The van der Waals surface area contributed by atoms with Gasteiger partial charge >= 0.3 is 5.97 Å². The Morgan fingerprint density at radius 2 is 2.13 bits per heavy atom. The Morgan fingerprint density at radius 3 is 2.67 bits per heavy atom. The van der Waals surface area contributed by atoms with Crippen LogP contribution in [0.3, 0.4) is 0 Å². The second-order valence-electron chi connectivity index (χ2n) is 3.20. The first-order valence-electron chi connectivity index (χ1n) is 4.41. The minimum Gasteiger partial charge on any atom is -0.481 e. The van der Waals surface area contributed by atoms with Gasteiger partial charge < -0.3 is 10.8 Å². The van der Waals surface area contributed by atoms with Gasteiger partial charge in [0.15, 0.2) is 0 Å². The molecule has 0 radical (unpaired) electrons. The van der Waals surface area contributed by atoms with Gasteiger partial charge in [-0.25, -0.2) is 8.78 Å². The molecule has 0 amide bonds. The first-order valence-corrected chi connectivity index (χ1v) is 4.41. The van der Waals surface area contributed by atoms with Crippen LogP contribution < -0.4 is 5.73 Å². The molecular weight excluding hydrogens is 204 g/mol. The Hall–Kier alpha value is -1.49. The van der Waals surface area contributed by atoms with Crippen LogP contribution in [0.2, 0.25) is 0 Å². The largest absolute Gasteiger partial charge is 0.481 e. The lowest BCUT2D eigenvalue weighted by Crippen LogP contribution is -2.17. The fourth-order valence-electron chi connectivity index (χ4n) is 1.36. The zero-order valence-electron chi connectivity index (χ0n) is 7.91. The lowest BCUT2D eigenvalue weighted by molar-refractivity contribution is -0.137. The van der Waals surface area contributed by atoms with Crippen molar-refractivity contribution in [2.75, 3.05) is 6.54 Å². The first-order chi connectivity index (χ1) is 7.04. The van der Waals surface area contributed by atoms with Gasteiger partial charge in [-0.15, -0.1) is 0 Å². The first kappa shape index (κ1) is 11.6. The number of carbonyl (C=O) groups is 1. The fourth-order valence-corrected chi connectivity index (χ4v) is 1.36. The van der Waals surface area contributed by atoms with Crippen LogP contribution in [-0.2, 0) is 4.79 Å². The summed E-state index contributed by atoms with van der Waals surface area (Å²) in [7, 11) is 0. The fraction of sp³-hybridized carbons (Fsp3) is 0.300. The third-order valence-corrected chi connectivity index (χ3v) is 2.10. The number of halogens is 2. The van der Waals surface area contributed by atoms with Crippen molar-refractivity contribution in [1.82, 2.24) is 0 Å². The maximum Gasteiger partial charge on any atom is 0.304 e. The second kappa shape index (κ2) is 4.84. The number of hydrogen-bond acceptors (Lipinski definition) is 2. The summed E-state index contributed by atoms with van der Waals surface area (Å²) in [6.07, 6.45) is -0.309. The predicted molar refractivity (Wildman–Crippen MR) is 50.4 cm³/mol. The highest BCUT2D eigenvalue weighted by Gasteiger charge is 2.18. The van der Waals surface area contributed by atoms with Gasteiger partial charge in [-0.2, -0.15) is 0 Å². The standard InChI is InChI=1S/C10H11F2NO2/c11-7-1-2-9(12)8(4-7)6(5-13)3-10(14)15/h1-2,4,6H,3,5,13H2,(H,14,15)/t6-/m0/s1. The molecular formula is C10H11F2NO2. The third kappa shape index (κ3) is 2.99. The summed E-state index contributed by atoms with van der Waals surface area (Å²) in [6, 6.07) is 2.93. The lowest BCUT2D eigenvalue weighted by atomic mass is 9.95. The molecule has 0 fully saturated rings. The molecule has 1 aromatic carbocycles. The molecule has 3 nitrogen and oxygen atoms in total. The number of carboxylic acids is 1. The third-order valence-electron chi connectivity index (χ3n) is 2.10. The molecule has 5 heteroatoms. The van der Waals surface area contributed by atoms with Crippen LogP contribution in [0.25, 0.3) is 0 Å². The number of nitrogens with two attached hydrogens (primary N) is 1. The number of benzene rings is 1. The van der Waals surface area contributed by atoms with Gasteiger partial charge in [0, 0.05) is 5.92 Å². The van der Waals surface area contributed by atoms with E-state index >= 15 is 0 Å². The Bertz CT molecular complexity index is 368. The average Bonchev–Trinajstić information content (AvgIpc) is 2.18. The molecule has 1 atom stereocenters. The van der Waals surface area contributed by atoms with E-state index in [1.165, 1.54) is 0 Å². The highest BCUT2D eigenvalue weighted by atomic mass is 19.1. The van der Waals surface area contributed by atoms with Gasteiger partial charge in [-0.05, 0) is 30.3 Å². The molecule has 15 heavy (non-hydrogen) atoms. The summed E-state index contributed by atoms with van der Waals surface area (Å²) in [4.78, 5) is 10.5. The summed E-state index contributed by atoms with van der Waals surface area (Å²) in [5.41, 5.74) is 5.33. The van der Waals surface area contributed by atoms with Crippen LogP contribution in [0.1, 0.15) is 17.9 Å². The van der Waals surface area contributed by atoms with Crippen LogP contribution in [0.5, 0.6) is 0 Å². The summed E-state index contributed by atoms with van der Waals surface area (Å²) >= 11 is 0. The molecule has 0 aliphatic heterocycles. The van der Waals surface area contributed by atoms with Crippen LogP contribution >= 0.6 is 0 Å². The normalized spacial score (nSPS) is 12.5. The summed E-state index contributed by atoms with van der Waals surface area (Å²) < 4.78 is 26.1. The van der Waals surface area contributed by atoms with Crippen LogP contribution in [0.4, 0.5) is 8.78 Å². The smallest absolute Gasteiger partial charge is 0.304 e. The summed E-state index contributed by atoms with van der Waals surface area (Å²) in [6.45, 7) is -0.0350. The van der Waals surface area contributed by atoms with E-state index in [1.54, 1.807) is 0 Å². The average molecular weight is 215 g/mol. The minimum atomic E-state index is -1.09. The van der Waals surface area contributed by atoms with Crippen molar-refractivity contribution < 1.29 is 18.7 Å². The Balaban J connectivity index is 3.00. The second-order valence-corrected chi connectivity index (χ2v) is 3.20. The van der Waals surface area contributed by atoms with E-state index in [0.717, 1.165) is 18.2 Å². The van der Waals surface area contributed by atoms with Crippen molar-refractivity contribution in [1.29, 1.82) is 0 Å². The molecule has 0 bridgehead atoms. The maximum atomic E-state index is 13.2. The van der Waals surface area contributed by atoms with Crippen LogP contribution in [0, 0.1) is 11.6 Å². The molecule has 0 spiro atoms. The van der Waals surface area contributed by atoms with Gasteiger partial charge in [-0.3, -0.25) is 4.79 Å². The van der Waals surface area contributed by atoms with Crippen molar-refractivity contribution in [3.05, 3.63) is 35.4 Å². The van der Waals surface area contributed by atoms with E-state index in [1.807, 2.05) is 0 Å². The molecule has 0 saturated heterocycles. The molecule has 0 aliphatic rings. The topological polar surface area (TPSA) is 63.3 Å². The zero-order valence-corrected chi connectivity index (χ0v) is 7.91. The monoisotopic (exact) mass is 215 g/mol. The van der Waals surface area contributed by atoms with Crippen molar-refractivity contribution in [2.24, 2.45) is 5.73 Å². The molecule has 0 saturated carbocycles. The van der Waals surface area contributed by atoms with Gasteiger partial charge in [0.05, 0.1) is 6.42 Å². The van der Waals surface area contributed by atoms with E-state index in [9.17, 15) is 13.6 Å². The van der Waals surface area contributed by atoms with Gasteiger partial charge in [0.2, 0.25) is 0 Å². The molecule has 0 heterocycles. The van der Waals surface area contributed by atoms with E-state index < -0.39 is 23.5 Å². The molecule has 82 valence electrons. The SMILES string of the molecule is NC[C@H](CC(=O)O)c1cc(F)ccc1F. The predicted octanol–water partition coefficient (Wildman–Crippen LogP) is 1.48. The summed E-state index contributed by atoms with van der Waals surface area (Å²) in [5.74, 6) is -3.02. The molecule has 1 aromatic rings. The van der Waals surface area contributed by atoms with Crippen LogP contribution in [-0.4, -0.2) is 17.6 Å². The molecule has 0 aliphatic carbocycles. The Kier molecular flexibility index (Phi) is 3.74. The van der Waals surface area contributed by atoms with Gasteiger partial charge in [0.25, 0.3) is 0 Å².